The number of rotatable bonds is 16. The molecule has 58 heavy (non-hydrogen) atoms. The molecule has 0 fully saturated rings. The third-order valence-corrected chi connectivity index (χ3v) is 8.33. The maximum Gasteiger partial charge on any atom is 0.338 e. The number of benzene rings is 4. The van der Waals surface area contributed by atoms with Crippen LogP contribution in [0.2, 0.25) is 0 Å². The van der Waals surface area contributed by atoms with Gasteiger partial charge in [-0.2, -0.15) is 0 Å². The first kappa shape index (κ1) is 42.0. The number of ether oxygens (including phenoxy) is 4. The maximum absolute atomic E-state index is 12.5. The Bertz CT molecular complexity index is 2060. The molecule has 0 saturated carbocycles. The molecule has 1 aromatic heterocycles. The Balaban J connectivity index is 1.65. The molecule has 0 N–H and O–H groups in total. The lowest BCUT2D eigenvalue weighted by Crippen LogP contribution is -2.04. The first-order valence-corrected chi connectivity index (χ1v) is 18.9. The largest absolute Gasteiger partial charge is 0.462 e. The van der Waals surface area contributed by atoms with Gasteiger partial charge in [0.25, 0.3) is 0 Å². The first-order valence-electron chi connectivity index (χ1n) is 18.9. The minimum Gasteiger partial charge on any atom is -0.462 e. The highest BCUT2D eigenvalue weighted by molar-refractivity contribution is 5.93. The molecule has 0 radical (unpaired) electrons. The van der Waals surface area contributed by atoms with Gasteiger partial charge < -0.3 is 18.9 Å². The van der Waals surface area contributed by atoms with Crippen molar-refractivity contribution in [2.75, 3.05) is 26.4 Å². The summed E-state index contributed by atoms with van der Waals surface area (Å²) in [5.41, 5.74) is 6.62. The van der Waals surface area contributed by atoms with E-state index in [9.17, 15) is 19.2 Å². The number of nitrogens with zero attached hydrogens (tertiary/aromatic N) is 2. The number of aromatic nitrogens is 2. The lowest BCUT2D eigenvalue weighted by atomic mass is 10.1. The molecular weight excluding hydrogens is 733 g/mol. The third-order valence-electron chi connectivity index (χ3n) is 8.33. The summed E-state index contributed by atoms with van der Waals surface area (Å²) in [6.07, 6.45) is 14.6. The summed E-state index contributed by atoms with van der Waals surface area (Å²) in [5.74, 6) is -1.69. The molecule has 294 valence electrons. The van der Waals surface area contributed by atoms with Crippen molar-refractivity contribution in [3.8, 4) is 0 Å². The topological polar surface area (TPSA) is 131 Å². The zero-order valence-corrected chi connectivity index (χ0v) is 32.8. The van der Waals surface area contributed by atoms with Gasteiger partial charge in [0.05, 0.1) is 71.5 Å². The van der Waals surface area contributed by atoms with E-state index in [0.717, 1.165) is 22.3 Å². The Morgan fingerprint density at radius 1 is 0.379 bits per heavy atom. The molecule has 0 aliphatic carbocycles. The molecule has 1 heterocycles. The van der Waals surface area contributed by atoms with E-state index in [0.29, 0.717) is 45.0 Å². The SMILES string of the molecule is CCOC(=O)c1cccc(/C=C/c2nc(/C=C/c3cccc(C(=O)OCC)c3)c(/C=C/c3cccc(C(=O)OCC)c3)nc2/C=C/c2cccc(C(=O)OCC)c2)c1. The molecule has 4 aromatic carbocycles. The maximum atomic E-state index is 12.5. The molecule has 0 saturated heterocycles. The van der Waals surface area contributed by atoms with E-state index >= 15 is 0 Å². The van der Waals surface area contributed by atoms with E-state index in [4.69, 9.17) is 28.9 Å². The fourth-order valence-electron chi connectivity index (χ4n) is 5.61. The Labute approximate surface area is 338 Å². The minimum absolute atomic E-state index is 0.258. The smallest absolute Gasteiger partial charge is 0.338 e. The van der Waals surface area contributed by atoms with Crippen LogP contribution in [-0.4, -0.2) is 60.3 Å². The van der Waals surface area contributed by atoms with Gasteiger partial charge in [0, 0.05) is 0 Å². The van der Waals surface area contributed by atoms with Gasteiger partial charge in [-0.25, -0.2) is 29.1 Å². The van der Waals surface area contributed by atoms with Gasteiger partial charge in [-0.05, 0) is 123 Å². The van der Waals surface area contributed by atoms with E-state index in [1.807, 2.05) is 48.6 Å². The molecule has 0 aliphatic heterocycles. The second-order valence-electron chi connectivity index (χ2n) is 12.5. The number of hydrogen-bond acceptors (Lipinski definition) is 10. The van der Waals surface area contributed by atoms with Gasteiger partial charge in [0.1, 0.15) is 0 Å². The summed E-state index contributed by atoms with van der Waals surface area (Å²) in [7, 11) is 0. The van der Waals surface area contributed by atoms with Crippen LogP contribution in [0, 0.1) is 0 Å². The van der Waals surface area contributed by atoms with Gasteiger partial charge in [-0.15, -0.1) is 0 Å². The van der Waals surface area contributed by atoms with E-state index in [-0.39, 0.29) is 26.4 Å². The summed E-state index contributed by atoms with van der Waals surface area (Å²) < 4.78 is 20.8. The van der Waals surface area contributed by atoms with Crippen LogP contribution in [0.25, 0.3) is 48.6 Å². The molecule has 0 aliphatic rings. The standard InChI is InChI=1S/C48H44N2O8/c1-5-55-45(51)37-17-9-13-33(29-37)21-25-41-42(26-22-34-14-10-18-38(30-34)46(52)56-6-2)50-44(28-24-36-16-12-20-40(32-36)48(54)58-8-4)43(49-41)27-23-35-15-11-19-39(31-35)47(53)57-7-3/h9-32H,5-8H2,1-4H3/b25-21+,26-22+,27-23+,28-24+. The van der Waals surface area contributed by atoms with Gasteiger partial charge in [-0.1, -0.05) is 72.8 Å². The molecule has 0 atom stereocenters. The van der Waals surface area contributed by atoms with Crippen LogP contribution in [0.5, 0.6) is 0 Å². The van der Waals surface area contributed by atoms with Crippen molar-refractivity contribution in [3.63, 3.8) is 0 Å². The fraction of sp³-hybridized carbons (Fsp3) is 0.167. The molecular formula is C48H44N2O8. The zero-order chi connectivity index (χ0) is 41.3. The predicted octanol–water partition coefficient (Wildman–Crippen LogP) is 9.86. The average molecular weight is 777 g/mol. The lowest BCUT2D eigenvalue weighted by Gasteiger charge is -2.08. The van der Waals surface area contributed by atoms with Crippen LogP contribution in [-0.2, 0) is 18.9 Å². The zero-order valence-electron chi connectivity index (χ0n) is 32.8. The average Bonchev–Trinajstić information content (AvgIpc) is 3.24. The van der Waals surface area contributed by atoms with Crippen molar-refractivity contribution in [2.24, 2.45) is 0 Å². The molecule has 0 unspecified atom stereocenters. The number of esters is 4. The van der Waals surface area contributed by atoms with Crippen LogP contribution in [0.15, 0.2) is 97.1 Å². The molecule has 5 aromatic rings. The number of carbonyl (C=O) groups is 4. The van der Waals surface area contributed by atoms with Gasteiger partial charge in [0.15, 0.2) is 0 Å². The van der Waals surface area contributed by atoms with Gasteiger partial charge in [0.2, 0.25) is 0 Å². The van der Waals surface area contributed by atoms with Crippen molar-refractivity contribution in [3.05, 3.63) is 164 Å². The Kier molecular flexibility index (Phi) is 15.3. The molecule has 0 spiro atoms. The predicted molar refractivity (Wildman–Crippen MR) is 227 cm³/mol. The van der Waals surface area contributed by atoms with Crippen molar-refractivity contribution >= 4 is 72.5 Å². The van der Waals surface area contributed by atoms with Gasteiger partial charge in [-0.3, -0.25) is 0 Å². The lowest BCUT2D eigenvalue weighted by molar-refractivity contribution is 0.0516. The summed E-state index contributed by atoms with van der Waals surface area (Å²) in [6.45, 7) is 8.05. The van der Waals surface area contributed by atoms with Crippen molar-refractivity contribution in [1.29, 1.82) is 0 Å². The quantitative estimate of drug-likeness (QED) is 0.0705. The van der Waals surface area contributed by atoms with E-state index < -0.39 is 23.9 Å². The van der Waals surface area contributed by atoms with Crippen molar-refractivity contribution < 1.29 is 38.1 Å². The Morgan fingerprint density at radius 2 is 0.603 bits per heavy atom. The summed E-state index contributed by atoms with van der Waals surface area (Å²) >= 11 is 0. The molecule has 0 amide bonds. The number of hydrogen-bond donors (Lipinski definition) is 0. The Morgan fingerprint density at radius 3 is 0.810 bits per heavy atom. The highest BCUT2D eigenvalue weighted by Gasteiger charge is 2.12. The highest BCUT2D eigenvalue weighted by Crippen LogP contribution is 2.22. The van der Waals surface area contributed by atoms with E-state index in [1.54, 1.807) is 125 Å². The van der Waals surface area contributed by atoms with Crippen LogP contribution in [0.1, 0.15) is 114 Å². The minimum atomic E-state index is -0.422. The molecule has 5 rings (SSSR count). The second-order valence-corrected chi connectivity index (χ2v) is 12.5. The van der Waals surface area contributed by atoms with Crippen molar-refractivity contribution in [1.82, 2.24) is 9.97 Å². The monoisotopic (exact) mass is 776 g/mol. The summed E-state index contributed by atoms with van der Waals surface area (Å²) in [6, 6.07) is 28.3. The van der Waals surface area contributed by atoms with Crippen LogP contribution < -0.4 is 0 Å². The summed E-state index contributed by atoms with van der Waals surface area (Å²) in [5, 5.41) is 0. The van der Waals surface area contributed by atoms with Gasteiger partial charge >= 0.3 is 23.9 Å². The van der Waals surface area contributed by atoms with Crippen LogP contribution in [0.4, 0.5) is 0 Å². The molecule has 10 nitrogen and oxygen atoms in total. The first-order chi connectivity index (χ1) is 28.2. The molecule has 10 heteroatoms. The molecule has 0 bridgehead atoms. The summed E-state index contributed by atoms with van der Waals surface area (Å²) in [4.78, 5) is 60.1. The normalized spacial score (nSPS) is 11.4. The Hall–Kier alpha value is -7.20. The van der Waals surface area contributed by atoms with E-state index in [2.05, 4.69) is 0 Å². The number of carbonyl (C=O) groups excluding carboxylic acids is 4. The highest BCUT2D eigenvalue weighted by atomic mass is 16.5. The van der Waals surface area contributed by atoms with Crippen LogP contribution in [0.3, 0.4) is 0 Å². The van der Waals surface area contributed by atoms with Crippen LogP contribution >= 0.6 is 0 Å². The van der Waals surface area contributed by atoms with E-state index in [1.165, 1.54) is 0 Å². The van der Waals surface area contributed by atoms with Crippen molar-refractivity contribution in [2.45, 2.75) is 27.7 Å². The fourth-order valence-corrected chi connectivity index (χ4v) is 5.61. The second kappa shape index (κ2) is 21.2. The third kappa shape index (κ3) is 11.9.